The first-order chi connectivity index (χ1) is 13.2. The van der Waals surface area contributed by atoms with Gasteiger partial charge in [-0.15, -0.1) is 0 Å². The van der Waals surface area contributed by atoms with Crippen LogP contribution in [0.25, 0.3) is 0 Å². The molecular weight excluding hydrogens is 334 g/mol. The van der Waals surface area contributed by atoms with E-state index in [0.29, 0.717) is 12.6 Å². The lowest BCUT2D eigenvalue weighted by molar-refractivity contribution is -0.124. The highest BCUT2D eigenvalue weighted by Gasteiger charge is 2.50. The van der Waals surface area contributed by atoms with Gasteiger partial charge in [0.1, 0.15) is 0 Å². The molecule has 27 heavy (non-hydrogen) atoms. The van der Waals surface area contributed by atoms with Gasteiger partial charge in [-0.1, -0.05) is 25.7 Å². The lowest BCUT2D eigenvalue weighted by atomic mass is 9.54. The third-order valence-electron chi connectivity index (χ3n) is 8.59. The molecule has 1 N–H and O–H groups in total. The van der Waals surface area contributed by atoms with Gasteiger partial charge in [0.2, 0.25) is 5.91 Å². The van der Waals surface area contributed by atoms with Crippen LogP contribution in [0.1, 0.15) is 70.6 Å². The molecule has 5 saturated carbocycles. The lowest BCUT2D eigenvalue weighted by Gasteiger charge is -2.58. The average Bonchev–Trinajstić information content (AvgIpc) is 2.91. The van der Waals surface area contributed by atoms with Crippen LogP contribution in [0.3, 0.4) is 0 Å². The van der Waals surface area contributed by atoms with Gasteiger partial charge in [0.15, 0.2) is 0 Å². The quantitative estimate of drug-likeness (QED) is 0.768. The van der Waals surface area contributed by atoms with E-state index in [1.165, 1.54) is 77.3 Å². The Bertz CT molecular complexity index is 492. The fourth-order valence-electron chi connectivity index (χ4n) is 7.61. The number of piperazine rings is 1. The van der Waals surface area contributed by atoms with E-state index in [1.807, 2.05) is 0 Å². The zero-order chi connectivity index (χ0) is 18.2. The van der Waals surface area contributed by atoms with Crippen molar-refractivity contribution < 1.29 is 4.79 Å². The Kier molecular flexibility index (Phi) is 5.47. The first kappa shape index (κ1) is 18.4. The van der Waals surface area contributed by atoms with Crippen molar-refractivity contribution in [2.24, 2.45) is 23.7 Å². The minimum absolute atomic E-state index is 0.268. The molecule has 0 aromatic heterocycles. The molecule has 6 aliphatic rings. The molecule has 4 bridgehead atoms. The van der Waals surface area contributed by atoms with Crippen molar-refractivity contribution in [2.75, 3.05) is 32.7 Å². The lowest BCUT2D eigenvalue weighted by Crippen LogP contribution is -2.60. The summed E-state index contributed by atoms with van der Waals surface area (Å²) in [6, 6.07) is 1.31. The molecule has 5 aliphatic carbocycles. The summed E-state index contributed by atoms with van der Waals surface area (Å²) in [5.74, 6) is 4.39. The Morgan fingerprint density at radius 3 is 1.96 bits per heavy atom. The van der Waals surface area contributed by atoms with Gasteiger partial charge in [-0.25, -0.2) is 0 Å². The van der Waals surface area contributed by atoms with Crippen LogP contribution in [0.4, 0.5) is 0 Å². The molecule has 1 heterocycles. The Balaban J connectivity index is 1.08. The maximum Gasteiger partial charge on any atom is 0.234 e. The minimum atomic E-state index is 0.268. The molecule has 0 spiro atoms. The highest BCUT2D eigenvalue weighted by molar-refractivity contribution is 5.78. The van der Waals surface area contributed by atoms with Crippen LogP contribution < -0.4 is 5.32 Å². The van der Waals surface area contributed by atoms with Gasteiger partial charge in [-0.05, 0) is 68.6 Å². The van der Waals surface area contributed by atoms with Crippen molar-refractivity contribution in [3.8, 4) is 0 Å². The molecule has 6 fully saturated rings. The fraction of sp³-hybridized carbons (Fsp3) is 0.957. The topological polar surface area (TPSA) is 35.6 Å². The van der Waals surface area contributed by atoms with Crippen LogP contribution in [0, 0.1) is 23.7 Å². The van der Waals surface area contributed by atoms with Crippen LogP contribution in [0.5, 0.6) is 0 Å². The SMILES string of the molecule is O=C(CN1CCN(C2C3CC4CC(C3)CC2C4)CC1)NC1CCCCCC1. The Morgan fingerprint density at radius 1 is 0.778 bits per heavy atom. The third kappa shape index (κ3) is 4.07. The van der Waals surface area contributed by atoms with Gasteiger partial charge >= 0.3 is 0 Å². The molecule has 1 aliphatic heterocycles. The summed E-state index contributed by atoms with van der Waals surface area (Å²) in [6.07, 6.45) is 15.2. The predicted octanol–water partition coefficient (Wildman–Crippen LogP) is 3.27. The molecule has 1 amide bonds. The van der Waals surface area contributed by atoms with Crippen LogP contribution in [-0.4, -0.2) is 60.5 Å². The van der Waals surface area contributed by atoms with E-state index in [1.54, 1.807) is 6.42 Å². The molecule has 4 heteroatoms. The molecule has 0 atom stereocenters. The van der Waals surface area contributed by atoms with Crippen molar-refractivity contribution in [3.05, 3.63) is 0 Å². The first-order valence-corrected chi connectivity index (χ1v) is 12.0. The summed E-state index contributed by atoms with van der Waals surface area (Å²) >= 11 is 0. The number of rotatable bonds is 4. The van der Waals surface area contributed by atoms with Crippen LogP contribution in [-0.2, 0) is 4.79 Å². The Labute approximate surface area is 165 Å². The molecule has 6 rings (SSSR count). The number of hydrogen-bond donors (Lipinski definition) is 1. The second-order valence-electron chi connectivity index (χ2n) is 10.5. The number of carbonyl (C=O) groups is 1. The van der Waals surface area contributed by atoms with Crippen molar-refractivity contribution in [1.82, 2.24) is 15.1 Å². The highest BCUT2D eigenvalue weighted by atomic mass is 16.2. The molecule has 0 aromatic rings. The normalized spacial score (nSPS) is 40.8. The summed E-state index contributed by atoms with van der Waals surface area (Å²) in [5.41, 5.74) is 0. The van der Waals surface area contributed by atoms with Crippen molar-refractivity contribution >= 4 is 5.91 Å². The Morgan fingerprint density at radius 2 is 1.37 bits per heavy atom. The van der Waals surface area contributed by atoms with E-state index in [9.17, 15) is 4.79 Å². The van der Waals surface area contributed by atoms with Crippen molar-refractivity contribution in [3.63, 3.8) is 0 Å². The number of amides is 1. The fourth-order valence-corrected chi connectivity index (χ4v) is 7.61. The molecular formula is C23H39N3O. The van der Waals surface area contributed by atoms with Gasteiger partial charge in [0.05, 0.1) is 6.54 Å². The molecule has 4 nitrogen and oxygen atoms in total. The number of hydrogen-bond acceptors (Lipinski definition) is 3. The summed E-state index contributed by atoms with van der Waals surface area (Å²) < 4.78 is 0. The summed E-state index contributed by atoms with van der Waals surface area (Å²) in [6.45, 7) is 5.15. The van der Waals surface area contributed by atoms with Gasteiger partial charge in [0.25, 0.3) is 0 Å². The van der Waals surface area contributed by atoms with E-state index >= 15 is 0 Å². The summed E-state index contributed by atoms with van der Waals surface area (Å²) in [5, 5.41) is 3.33. The second-order valence-corrected chi connectivity index (χ2v) is 10.5. The minimum Gasteiger partial charge on any atom is -0.352 e. The van der Waals surface area contributed by atoms with Gasteiger partial charge in [0, 0.05) is 38.3 Å². The number of nitrogens with zero attached hydrogens (tertiary/aromatic N) is 2. The standard InChI is InChI=1S/C23H39N3O/c27-22(24-21-5-3-1-2-4-6-21)16-25-7-9-26(10-8-25)23-19-12-17-11-18(14-19)15-20(23)13-17/h17-21,23H,1-16H2,(H,24,27). The number of nitrogens with one attached hydrogen (secondary N) is 1. The van der Waals surface area contributed by atoms with E-state index in [-0.39, 0.29) is 5.91 Å². The van der Waals surface area contributed by atoms with E-state index in [4.69, 9.17) is 0 Å². The van der Waals surface area contributed by atoms with E-state index < -0.39 is 0 Å². The maximum absolute atomic E-state index is 12.5. The van der Waals surface area contributed by atoms with E-state index in [2.05, 4.69) is 15.1 Å². The van der Waals surface area contributed by atoms with Gasteiger partial charge < -0.3 is 5.32 Å². The molecule has 0 radical (unpaired) electrons. The van der Waals surface area contributed by atoms with Gasteiger partial charge in [-0.2, -0.15) is 0 Å². The van der Waals surface area contributed by atoms with E-state index in [0.717, 1.165) is 42.8 Å². The molecule has 0 aromatic carbocycles. The van der Waals surface area contributed by atoms with Crippen molar-refractivity contribution in [2.45, 2.75) is 82.7 Å². The largest absolute Gasteiger partial charge is 0.352 e. The van der Waals surface area contributed by atoms with Crippen LogP contribution in [0.2, 0.25) is 0 Å². The van der Waals surface area contributed by atoms with Crippen molar-refractivity contribution in [1.29, 1.82) is 0 Å². The monoisotopic (exact) mass is 373 g/mol. The zero-order valence-electron chi connectivity index (χ0n) is 17.1. The summed E-state index contributed by atoms with van der Waals surface area (Å²) in [4.78, 5) is 17.7. The molecule has 0 unspecified atom stereocenters. The maximum atomic E-state index is 12.5. The first-order valence-electron chi connectivity index (χ1n) is 12.0. The third-order valence-corrected chi connectivity index (χ3v) is 8.59. The smallest absolute Gasteiger partial charge is 0.234 e. The zero-order valence-corrected chi connectivity index (χ0v) is 17.1. The average molecular weight is 374 g/mol. The second kappa shape index (κ2) is 8.02. The van der Waals surface area contributed by atoms with Crippen LogP contribution >= 0.6 is 0 Å². The number of carbonyl (C=O) groups excluding carboxylic acids is 1. The Hall–Kier alpha value is -0.610. The predicted molar refractivity (Wildman–Crippen MR) is 108 cm³/mol. The van der Waals surface area contributed by atoms with Crippen LogP contribution in [0.15, 0.2) is 0 Å². The summed E-state index contributed by atoms with van der Waals surface area (Å²) in [7, 11) is 0. The molecule has 1 saturated heterocycles. The van der Waals surface area contributed by atoms with Gasteiger partial charge in [-0.3, -0.25) is 14.6 Å². The molecule has 152 valence electrons. The highest BCUT2D eigenvalue weighted by Crippen LogP contribution is 2.55.